The number of methoxy groups -OCH3 is 1. The van der Waals surface area contributed by atoms with E-state index in [1.54, 1.807) is 18.0 Å². The average molecular weight is 444 g/mol. The molecule has 0 saturated heterocycles. The molecular formula is C21H21FN4O4S. The zero-order valence-corrected chi connectivity index (χ0v) is 17.7. The van der Waals surface area contributed by atoms with Crippen molar-refractivity contribution in [2.75, 3.05) is 26.2 Å². The minimum atomic E-state index is -0.345. The largest absolute Gasteiger partial charge is 0.497 e. The molecule has 1 N–H and O–H groups in total. The number of fused-ring (bicyclic) bond motifs is 1. The Labute approximate surface area is 182 Å². The zero-order valence-electron chi connectivity index (χ0n) is 16.8. The Morgan fingerprint density at radius 2 is 2.16 bits per heavy atom. The summed E-state index contributed by atoms with van der Waals surface area (Å²) >= 11 is 1.28. The van der Waals surface area contributed by atoms with Crippen molar-refractivity contribution in [1.82, 2.24) is 20.1 Å². The molecule has 1 amide bonds. The van der Waals surface area contributed by atoms with Gasteiger partial charge in [-0.05, 0) is 48.4 Å². The molecule has 4 rings (SSSR count). The smallest absolute Gasteiger partial charge is 0.230 e. The number of ether oxygens (including phenoxy) is 3. The number of rotatable bonds is 8. The Balaban J connectivity index is 1.30. The van der Waals surface area contributed by atoms with E-state index >= 15 is 0 Å². The summed E-state index contributed by atoms with van der Waals surface area (Å²) < 4.78 is 31.5. The first kappa shape index (κ1) is 21.1. The highest BCUT2D eigenvalue weighted by molar-refractivity contribution is 7.99. The fraction of sp³-hybridized carbons (Fsp3) is 0.286. The van der Waals surface area contributed by atoms with E-state index in [1.165, 1.54) is 23.9 Å². The van der Waals surface area contributed by atoms with Gasteiger partial charge in [-0.25, -0.2) is 4.39 Å². The van der Waals surface area contributed by atoms with Crippen molar-refractivity contribution < 1.29 is 23.4 Å². The first-order valence-corrected chi connectivity index (χ1v) is 10.6. The Kier molecular flexibility index (Phi) is 6.68. The van der Waals surface area contributed by atoms with Gasteiger partial charge in [0.2, 0.25) is 5.91 Å². The molecule has 8 nitrogen and oxygen atoms in total. The molecule has 162 valence electrons. The fourth-order valence-electron chi connectivity index (χ4n) is 3.20. The number of halogens is 1. The second-order valence-corrected chi connectivity index (χ2v) is 7.68. The van der Waals surface area contributed by atoms with Crippen molar-refractivity contribution in [1.29, 1.82) is 0 Å². The molecule has 0 fully saturated rings. The molecule has 0 spiro atoms. The number of nitrogens with one attached hydrogen (secondary N) is 1. The minimum absolute atomic E-state index is 0.142. The summed E-state index contributed by atoms with van der Waals surface area (Å²) in [6, 6.07) is 10.3. The molecule has 1 aliphatic rings. The maximum Gasteiger partial charge on any atom is 0.230 e. The minimum Gasteiger partial charge on any atom is -0.497 e. The number of carbonyl (C=O) groups excluding carboxylic acids is 1. The van der Waals surface area contributed by atoms with Crippen LogP contribution in [0.25, 0.3) is 5.69 Å². The van der Waals surface area contributed by atoms with Crippen LogP contribution in [0.4, 0.5) is 4.39 Å². The summed E-state index contributed by atoms with van der Waals surface area (Å²) in [5, 5.41) is 11.5. The van der Waals surface area contributed by atoms with E-state index in [1.807, 2.05) is 24.3 Å². The molecule has 0 bridgehead atoms. The van der Waals surface area contributed by atoms with E-state index in [0.717, 1.165) is 11.4 Å². The number of hydrogen-bond acceptors (Lipinski definition) is 7. The van der Waals surface area contributed by atoms with Crippen LogP contribution in [0.15, 0.2) is 47.9 Å². The van der Waals surface area contributed by atoms with Crippen molar-refractivity contribution >= 4 is 17.7 Å². The molecule has 10 heteroatoms. The molecule has 2 aromatic carbocycles. The Morgan fingerprint density at radius 1 is 1.32 bits per heavy atom. The summed E-state index contributed by atoms with van der Waals surface area (Å²) in [6.45, 7) is 0.826. The standard InChI is InChI=1S/C21H21FN4O4S/c1-28-18-4-2-17(3-5-18)26-12-24-25-21(26)31-11-19(27)23-7-6-14-8-16(22)9-15-10-29-13-30-20(14)15/h2-5,8-9,12H,6-7,10-11,13H2,1H3,(H,23,27). The molecule has 0 radical (unpaired) electrons. The van der Waals surface area contributed by atoms with E-state index in [9.17, 15) is 9.18 Å². The maximum absolute atomic E-state index is 13.8. The Morgan fingerprint density at radius 3 is 2.97 bits per heavy atom. The summed E-state index contributed by atoms with van der Waals surface area (Å²) in [5.74, 6) is 1.08. The van der Waals surface area contributed by atoms with E-state index < -0.39 is 0 Å². The van der Waals surface area contributed by atoms with Crippen LogP contribution in [-0.4, -0.2) is 46.9 Å². The molecule has 2 heterocycles. The fourth-order valence-corrected chi connectivity index (χ4v) is 3.96. The quantitative estimate of drug-likeness (QED) is 0.535. The van der Waals surface area contributed by atoms with Crippen molar-refractivity contribution in [3.63, 3.8) is 0 Å². The predicted octanol–water partition coefficient (Wildman–Crippen LogP) is 2.73. The van der Waals surface area contributed by atoms with Crippen LogP contribution in [0.1, 0.15) is 11.1 Å². The third kappa shape index (κ3) is 5.15. The lowest BCUT2D eigenvalue weighted by Crippen LogP contribution is -2.27. The second kappa shape index (κ2) is 9.80. The van der Waals surface area contributed by atoms with Crippen molar-refractivity contribution in [3.8, 4) is 17.2 Å². The van der Waals surface area contributed by atoms with Crippen molar-refractivity contribution in [2.24, 2.45) is 0 Å². The summed E-state index contributed by atoms with van der Waals surface area (Å²) in [6.07, 6.45) is 2.05. The van der Waals surface area contributed by atoms with E-state index in [4.69, 9.17) is 14.2 Å². The van der Waals surface area contributed by atoms with Crippen LogP contribution in [0.2, 0.25) is 0 Å². The third-order valence-electron chi connectivity index (χ3n) is 4.67. The topological polar surface area (TPSA) is 87.5 Å². The van der Waals surface area contributed by atoms with Crippen LogP contribution in [0.5, 0.6) is 11.5 Å². The van der Waals surface area contributed by atoms with Crippen LogP contribution in [-0.2, 0) is 22.6 Å². The van der Waals surface area contributed by atoms with Gasteiger partial charge in [0.15, 0.2) is 11.9 Å². The van der Waals surface area contributed by atoms with Crippen LogP contribution in [0, 0.1) is 5.82 Å². The number of amides is 1. The highest BCUT2D eigenvalue weighted by atomic mass is 32.2. The van der Waals surface area contributed by atoms with Gasteiger partial charge in [0.25, 0.3) is 0 Å². The molecule has 0 aliphatic carbocycles. The lowest BCUT2D eigenvalue weighted by Gasteiger charge is -2.21. The highest BCUT2D eigenvalue weighted by Gasteiger charge is 2.17. The lowest BCUT2D eigenvalue weighted by molar-refractivity contribution is -0.118. The molecule has 1 aromatic heterocycles. The van der Waals surface area contributed by atoms with Crippen molar-refractivity contribution in [3.05, 3.63) is 59.7 Å². The molecule has 0 saturated carbocycles. The SMILES string of the molecule is COc1ccc(-n2cnnc2SCC(=O)NCCc2cc(F)cc3c2OCOC3)cc1. The monoisotopic (exact) mass is 444 g/mol. The zero-order chi connectivity index (χ0) is 21.6. The van der Waals surface area contributed by atoms with E-state index in [2.05, 4.69) is 15.5 Å². The number of carbonyl (C=O) groups is 1. The van der Waals surface area contributed by atoms with Crippen molar-refractivity contribution in [2.45, 2.75) is 18.2 Å². The first-order chi connectivity index (χ1) is 15.1. The summed E-state index contributed by atoms with van der Waals surface area (Å²) in [7, 11) is 1.61. The van der Waals surface area contributed by atoms with Crippen LogP contribution < -0.4 is 14.8 Å². The van der Waals surface area contributed by atoms with Gasteiger partial charge in [0.1, 0.15) is 23.6 Å². The van der Waals surface area contributed by atoms with Gasteiger partial charge in [0.05, 0.1) is 19.5 Å². The maximum atomic E-state index is 13.8. The number of thioether (sulfide) groups is 1. The van der Waals surface area contributed by atoms with Crippen LogP contribution >= 0.6 is 11.8 Å². The normalized spacial score (nSPS) is 12.7. The van der Waals surface area contributed by atoms with Gasteiger partial charge < -0.3 is 19.5 Å². The van der Waals surface area contributed by atoms with Gasteiger partial charge in [-0.15, -0.1) is 10.2 Å². The lowest BCUT2D eigenvalue weighted by atomic mass is 10.1. The average Bonchev–Trinajstić information content (AvgIpc) is 3.26. The molecule has 3 aromatic rings. The van der Waals surface area contributed by atoms with E-state index in [-0.39, 0.29) is 24.3 Å². The Bertz CT molecular complexity index is 1060. The van der Waals surface area contributed by atoms with E-state index in [0.29, 0.717) is 41.6 Å². The van der Waals surface area contributed by atoms with Gasteiger partial charge in [-0.2, -0.15) is 0 Å². The molecular weight excluding hydrogens is 423 g/mol. The van der Waals surface area contributed by atoms with Gasteiger partial charge in [0, 0.05) is 17.8 Å². The summed E-state index contributed by atoms with van der Waals surface area (Å²) in [4.78, 5) is 12.3. The Hall–Kier alpha value is -3.11. The number of hydrogen-bond donors (Lipinski definition) is 1. The van der Waals surface area contributed by atoms with Gasteiger partial charge >= 0.3 is 0 Å². The molecule has 0 unspecified atom stereocenters. The first-order valence-electron chi connectivity index (χ1n) is 9.60. The summed E-state index contributed by atoms with van der Waals surface area (Å²) in [5.41, 5.74) is 2.26. The van der Waals surface area contributed by atoms with Gasteiger partial charge in [-0.3, -0.25) is 9.36 Å². The molecule has 0 atom stereocenters. The second-order valence-electron chi connectivity index (χ2n) is 6.73. The van der Waals surface area contributed by atoms with Crippen LogP contribution in [0.3, 0.4) is 0 Å². The number of aromatic nitrogens is 3. The third-order valence-corrected chi connectivity index (χ3v) is 5.61. The highest BCUT2D eigenvalue weighted by Crippen LogP contribution is 2.29. The molecule has 1 aliphatic heterocycles. The van der Waals surface area contributed by atoms with Gasteiger partial charge in [-0.1, -0.05) is 11.8 Å². The number of benzene rings is 2. The number of nitrogens with zero attached hydrogens (tertiary/aromatic N) is 3. The molecule has 31 heavy (non-hydrogen) atoms. The predicted molar refractivity (Wildman–Crippen MR) is 112 cm³/mol.